The van der Waals surface area contributed by atoms with E-state index in [0.717, 1.165) is 5.56 Å². The van der Waals surface area contributed by atoms with E-state index in [4.69, 9.17) is 13.9 Å². The number of nitrogens with one attached hydrogen (secondary N) is 1. The van der Waals surface area contributed by atoms with Gasteiger partial charge in [-0.2, -0.15) is 4.72 Å². The highest BCUT2D eigenvalue weighted by Gasteiger charge is 2.27. The summed E-state index contributed by atoms with van der Waals surface area (Å²) in [4.78, 5) is 25.8. The van der Waals surface area contributed by atoms with Gasteiger partial charge in [-0.15, -0.1) is 0 Å². The minimum Gasteiger partial charge on any atom is -0.497 e. The second kappa shape index (κ2) is 10.1. The Balaban J connectivity index is 1.65. The standard InChI is InChI=1S/C27H27NO7S/c1-5-6-23(28-36(31,32)19-10-7-16(2)8-11-19)27(30)34-24-14-13-21-20-12-9-18(33-4)15-22(20)26(29)35-25(21)17(24)3/h7-15,23,28H,5-6H2,1-4H3/t23-/m0/s1. The number of benzene rings is 3. The molecule has 0 spiro atoms. The average molecular weight is 510 g/mol. The molecule has 4 aromatic rings. The average Bonchev–Trinajstić information content (AvgIpc) is 2.86. The first-order valence-corrected chi connectivity index (χ1v) is 13.0. The van der Waals surface area contributed by atoms with Crippen molar-refractivity contribution in [3.63, 3.8) is 0 Å². The van der Waals surface area contributed by atoms with Crippen LogP contribution in [0.4, 0.5) is 0 Å². The first-order chi connectivity index (χ1) is 17.1. The molecule has 4 rings (SSSR count). The van der Waals surface area contributed by atoms with Crippen LogP contribution in [0.15, 0.2) is 68.7 Å². The largest absolute Gasteiger partial charge is 0.497 e. The predicted molar refractivity (Wildman–Crippen MR) is 137 cm³/mol. The van der Waals surface area contributed by atoms with Gasteiger partial charge in [0.05, 0.1) is 17.4 Å². The Labute approximate surface area is 208 Å². The number of fused-ring (bicyclic) bond motifs is 3. The zero-order chi connectivity index (χ0) is 26.0. The van der Waals surface area contributed by atoms with Crippen LogP contribution in [0, 0.1) is 13.8 Å². The summed E-state index contributed by atoms with van der Waals surface area (Å²) in [7, 11) is -2.42. The molecule has 8 nitrogen and oxygen atoms in total. The van der Waals surface area contributed by atoms with Gasteiger partial charge in [0, 0.05) is 16.3 Å². The summed E-state index contributed by atoms with van der Waals surface area (Å²) in [6.07, 6.45) is 0.801. The number of hydrogen-bond acceptors (Lipinski definition) is 7. The zero-order valence-corrected chi connectivity index (χ0v) is 21.3. The number of ether oxygens (including phenoxy) is 2. The van der Waals surface area contributed by atoms with Crippen molar-refractivity contribution in [2.24, 2.45) is 0 Å². The maximum absolute atomic E-state index is 13.0. The molecule has 0 unspecified atom stereocenters. The molecule has 0 bridgehead atoms. The van der Waals surface area contributed by atoms with Gasteiger partial charge in [0.2, 0.25) is 10.0 Å². The van der Waals surface area contributed by atoms with E-state index in [2.05, 4.69) is 4.72 Å². The van der Waals surface area contributed by atoms with Gasteiger partial charge in [0.15, 0.2) is 0 Å². The molecular weight excluding hydrogens is 482 g/mol. The van der Waals surface area contributed by atoms with E-state index in [1.165, 1.54) is 19.2 Å². The summed E-state index contributed by atoms with van der Waals surface area (Å²) in [5.41, 5.74) is 1.11. The van der Waals surface area contributed by atoms with Crippen molar-refractivity contribution in [2.45, 2.75) is 44.6 Å². The van der Waals surface area contributed by atoms with E-state index in [-0.39, 0.29) is 22.6 Å². The number of hydrogen-bond donors (Lipinski definition) is 1. The van der Waals surface area contributed by atoms with Crippen LogP contribution in [-0.2, 0) is 14.8 Å². The quantitative estimate of drug-likeness (QED) is 0.160. The van der Waals surface area contributed by atoms with Crippen molar-refractivity contribution in [1.82, 2.24) is 4.72 Å². The number of carbonyl (C=O) groups is 1. The highest BCUT2D eigenvalue weighted by molar-refractivity contribution is 7.89. The fraction of sp³-hybridized carbons (Fsp3) is 0.259. The topological polar surface area (TPSA) is 112 Å². The Morgan fingerprint density at radius 1 is 1.00 bits per heavy atom. The van der Waals surface area contributed by atoms with E-state index in [1.54, 1.807) is 49.4 Å². The Hall–Kier alpha value is -3.69. The summed E-state index contributed by atoms with van der Waals surface area (Å²) in [5.74, 6) is -0.0338. The van der Waals surface area contributed by atoms with E-state index in [9.17, 15) is 18.0 Å². The lowest BCUT2D eigenvalue weighted by molar-refractivity contribution is -0.136. The molecule has 0 aliphatic rings. The maximum atomic E-state index is 13.0. The molecule has 1 aromatic heterocycles. The molecule has 3 aromatic carbocycles. The van der Waals surface area contributed by atoms with Gasteiger partial charge < -0.3 is 13.9 Å². The van der Waals surface area contributed by atoms with Crippen LogP contribution in [0.1, 0.15) is 30.9 Å². The van der Waals surface area contributed by atoms with Gasteiger partial charge in [0.1, 0.15) is 23.1 Å². The zero-order valence-electron chi connectivity index (χ0n) is 20.5. The van der Waals surface area contributed by atoms with Gasteiger partial charge in [-0.25, -0.2) is 18.0 Å². The second-order valence-corrected chi connectivity index (χ2v) is 10.3. The third kappa shape index (κ3) is 4.98. The summed E-state index contributed by atoms with van der Waals surface area (Å²) < 4.78 is 44.6. The fourth-order valence-electron chi connectivity index (χ4n) is 4.00. The summed E-state index contributed by atoms with van der Waals surface area (Å²) in [5, 5.41) is 1.73. The molecule has 1 atom stereocenters. The molecule has 1 N–H and O–H groups in total. The first kappa shape index (κ1) is 25.4. The molecule has 36 heavy (non-hydrogen) atoms. The Kier molecular flexibility index (Phi) is 7.14. The Bertz CT molecular complexity index is 1610. The third-order valence-corrected chi connectivity index (χ3v) is 7.48. The molecular formula is C27H27NO7S. The van der Waals surface area contributed by atoms with Gasteiger partial charge in [-0.05, 0) is 62.7 Å². The molecule has 188 valence electrons. The molecule has 0 aliphatic carbocycles. The van der Waals surface area contributed by atoms with E-state index < -0.39 is 27.7 Å². The van der Waals surface area contributed by atoms with Crippen molar-refractivity contribution in [2.75, 3.05) is 7.11 Å². The Morgan fingerprint density at radius 3 is 2.36 bits per heavy atom. The lowest BCUT2D eigenvalue weighted by atomic mass is 10.0. The molecule has 0 saturated heterocycles. The van der Waals surface area contributed by atoms with Crippen LogP contribution in [0.25, 0.3) is 21.7 Å². The van der Waals surface area contributed by atoms with Crippen molar-refractivity contribution in [3.05, 3.63) is 76.1 Å². The van der Waals surface area contributed by atoms with Crippen LogP contribution in [0.5, 0.6) is 11.5 Å². The van der Waals surface area contributed by atoms with E-state index in [0.29, 0.717) is 33.9 Å². The molecule has 0 fully saturated rings. The van der Waals surface area contributed by atoms with Crippen LogP contribution in [0.3, 0.4) is 0 Å². The van der Waals surface area contributed by atoms with Crippen LogP contribution < -0.4 is 19.8 Å². The predicted octanol–water partition coefficient (Wildman–Crippen LogP) is 4.62. The number of sulfonamides is 1. The number of methoxy groups -OCH3 is 1. The van der Waals surface area contributed by atoms with Crippen LogP contribution in [-0.4, -0.2) is 27.5 Å². The lowest BCUT2D eigenvalue weighted by Gasteiger charge is -2.18. The van der Waals surface area contributed by atoms with Gasteiger partial charge >= 0.3 is 11.6 Å². The highest BCUT2D eigenvalue weighted by Crippen LogP contribution is 2.32. The smallest absolute Gasteiger partial charge is 0.344 e. The molecule has 0 radical (unpaired) electrons. The summed E-state index contributed by atoms with van der Waals surface area (Å²) in [6.45, 7) is 5.37. The number of aryl methyl sites for hydroxylation is 2. The number of rotatable bonds is 8. The lowest BCUT2D eigenvalue weighted by Crippen LogP contribution is -2.42. The summed E-state index contributed by atoms with van der Waals surface area (Å²) >= 11 is 0. The fourth-order valence-corrected chi connectivity index (χ4v) is 5.21. The Morgan fingerprint density at radius 2 is 1.69 bits per heavy atom. The summed E-state index contributed by atoms with van der Waals surface area (Å²) in [6, 6.07) is 13.7. The van der Waals surface area contributed by atoms with E-state index >= 15 is 0 Å². The van der Waals surface area contributed by atoms with Gasteiger partial charge in [0.25, 0.3) is 0 Å². The first-order valence-electron chi connectivity index (χ1n) is 11.5. The van der Waals surface area contributed by atoms with Crippen molar-refractivity contribution >= 4 is 37.7 Å². The number of esters is 1. The minimum atomic E-state index is -3.94. The minimum absolute atomic E-state index is 0.0640. The monoisotopic (exact) mass is 509 g/mol. The van der Waals surface area contributed by atoms with Crippen LogP contribution >= 0.6 is 0 Å². The highest BCUT2D eigenvalue weighted by atomic mass is 32.2. The van der Waals surface area contributed by atoms with Crippen LogP contribution in [0.2, 0.25) is 0 Å². The van der Waals surface area contributed by atoms with Crippen molar-refractivity contribution in [1.29, 1.82) is 0 Å². The molecule has 0 amide bonds. The van der Waals surface area contributed by atoms with E-state index in [1.807, 2.05) is 13.8 Å². The van der Waals surface area contributed by atoms with Gasteiger partial charge in [-0.1, -0.05) is 31.0 Å². The maximum Gasteiger partial charge on any atom is 0.344 e. The molecule has 1 heterocycles. The third-order valence-electron chi connectivity index (χ3n) is 5.99. The molecule has 0 aliphatic heterocycles. The number of carbonyl (C=O) groups excluding carboxylic acids is 1. The normalized spacial score (nSPS) is 12.6. The van der Waals surface area contributed by atoms with Crippen molar-refractivity contribution in [3.8, 4) is 11.5 Å². The second-order valence-electron chi connectivity index (χ2n) is 8.56. The van der Waals surface area contributed by atoms with Crippen molar-refractivity contribution < 1.29 is 27.1 Å². The SMILES string of the molecule is CCC[C@H](NS(=O)(=O)c1ccc(C)cc1)C(=O)Oc1ccc2c(oc(=O)c3cc(OC)ccc32)c1C. The van der Waals surface area contributed by atoms with Gasteiger partial charge in [-0.3, -0.25) is 0 Å². The molecule has 0 saturated carbocycles. The molecule has 9 heteroatoms.